The van der Waals surface area contributed by atoms with Gasteiger partial charge in [-0.25, -0.2) is 0 Å². The van der Waals surface area contributed by atoms with Gasteiger partial charge in [0.15, 0.2) is 5.43 Å². The maximum atomic E-state index is 13.3. The molecule has 1 amide bonds. The summed E-state index contributed by atoms with van der Waals surface area (Å²) in [5.74, 6) is -0.0680. The topological polar surface area (TPSA) is 85.2 Å². The van der Waals surface area contributed by atoms with Crippen molar-refractivity contribution in [2.45, 2.75) is 0 Å². The SMILES string of the molecule is COc1cccc2c(=O)c3c(-c4ccccc4)ccc(C(N)=O)c3[nH]c12. The Balaban J connectivity index is 2.24. The average molecular weight is 344 g/mol. The molecule has 3 aromatic carbocycles. The monoisotopic (exact) mass is 344 g/mol. The number of para-hydroxylation sites is 1. The van der Waals surface area contributed by atoms with Gasteiger partial charge in [-0.1, -0.05) is 42.5 Å². The Labute approximate surface area is 149 Å². The summed E-state index contributed by atoms with van der Waals surface area (Å²) in [5.41, 5.74) is 8.23. The van der Waals surface area contributed by atoms with Gasteiger partial charge in [0.2, 0.25) is 0 Å². The third kappa shape index (κ3) is 2.33. The smallest absolute Gasteiger partial charge is 0.250 e. The van der Waals surface area contributed by atoms with Crippen molar-refractivity contribution in [3.63, 3.8) is 0 Å². The van der Waals surface area contributed by atoms with Crippen LogP contribution in [0.4, 0.5) is 0 Å². The molecule has 0 bridgehead atoms. The zero-order valence-electron chi connectivity index (χ0n) is 14.1. The van der Waals surface area contributed by atoms with Crippen molar-refractivity contribution in [1.82, 2.24) is 4.98 Å². The second-order valence-corrected chi connectivity index (χ2v) is 5.98. The van der Waals surface area contributed by atoms with Gasteiger partial charge in [-0.3, -0.25) is 9.59 Å². The minimum absolute atomic E-state index is 0.172. The van der Waals surface area contributed by atoms with E-state index in [1.165, 1.54) is 7.11 Å². The first-order valence-electron chi connectivity index (χ1n) is 8.12. The fraction of sp³-hybridized carbons (Fsp3) is 0.0476. The molecule has 0 saturated carbocycles. The number of fused-ring (bicyclic) bond motifs is 2. The van der Waals surface area contributed by atoms with Crippen LogP contribution in [0.25, 0.3) is 32.9 Å². The van der Waals surface area contributed by atoms with Gasteiger partial charge in [-0.15, -0.1) is 0 Å². The zero-order valence-corrected chi connectivity index (χ0v) is 14.1. The standard InChI is InChI=1S/C21H16N2O3/c1-26-16-9-5-8-14-18(16)23-19-15(21(22)25)11-10-13(17(19)20(14)24)12-6-3-2-4-7-12/h2-11H,1H3,(H2,22,25)(H,23,24). The van der Waals surface area contributed by atoms with Crippen LogP contribution in [0.3, 0.4) is 0 Å². The third-order valence-electron chi connectivity index (χ3n) is 4.52. The van der Waals surface area contributed by atoms with E-state index in [1.807, 2.05) is 30.3 Å². The molecule has 5 heteroatoms. The fourth-order valence-corrected chi connectivity index (χ4v) is 3.31. The predicted molar refractivity (Wildman–Crippen MR) is 103 cm³/mol. The first kappa shape index (κ1) is 15.9. The lowest BCUT2D eigenvalue weighted by Crippen LogP contribution is -2.15. The summed E-state index contributed by atoms with van der Waals surface area (Å²) in [6.07, 6.45) is 0. The van der Waals surface area contributed by atoms with Gasteiger partial charge >= 0.3 is 0 Å². The molecular formula is C21H16N2O3. The molecule has 0 radical (unpaired) electrons. The molecule has 26 heavy (non-hydrogen) atoms. The van der Waals surface area contributed by atoms with Crippen LogP contribution in [0.2, 0.25) is 0 Å². The largest absolute Gasteiger partial charge is 0.495 e. The Kier molecular flexibility index (Phi) is 3.69. The number of ether oxygens (including phenoxy) is 1. The Morgan fingerprint density at radius 1 is 0.962 bits per heavy atom. The van der Waals surface area contributed by atoms with Gasteiger partial charge in [0.1, 0.15) is 5.75 Å². The van der Waals surface area contributed by atoms with Crippen LogP contribution >= 0.6 is 0 Å². The number of nitrogens with one attached hydrogen (secondary N) is 1. The van der Waals surface area contributed by atoms with Crippen molar-refractivity contribution < 1.29 is 9.53 Å². The predicted octanol–water partition coefficient (Wildman–Crippen LogP) is 3.46. The van der Waals surface area contributed by atoms with Crippen molar-refractivity contribution in [1.29, 1.82) is 0 Å². The Morgan fingerprint density at radius 3 is 2.42 bits per heavy atom. The fourth-order valence-electron chi connectivity index (χ4n) is 3.31. The molecule has 0 atom stereocenters. The number of hydrogen-bond acceptors (Lipinski definition) is 3. The molecule has 0 spiro atoms. The van der Waals surface area contributed by atoms with E-state index in [0.29, 0.717) is 27.6 Å². The maximum Gasteiger partial charge on any atom is 0.250 e. The molecule has 0 aliphatic heterocycles. The van der Waals surface area contributed by atoms with Crippen LogP contribution in [0.15, 0.2) is 65.5 Å². The molecule has 1 aromatic heterocycles. The van der Waals surface area contributed by atoms with E-state index < -0.39 is 5.91 Å². The molecule has 0 aliphatic rings. The Morgan fingerprint density at radius 2 is 1.73 bits per heavy atom. The van der Waals surface area contributed by atoms with Crippen LogP contribution < -0.4 is 15.9 Å². The highest BCUT2D eigenvalue weighted by Gasteiger charge is 2.17. The van der Waals surface area contributed by atoms with E-state index in [4.69, 9.17) is 10.5 Å². The lowest BCUT2D eigenvalue weighted by atomic mass is 9.96. The third-order valence-corrected chi connectivity index (χ3v) is 4.52. The van der Waals surface area contributed by atoms with Crippen molar-refractivity contribution >= 4 is 27.7 Å². The van der Waals surface area contributed by atoms with Gasteiger partial charge in [-0.05, 0) is 29.3 Å². The first-order valence-corrected chi connectivity index (χ1v) is 8.12. The molecule has 0 fully saturated rings. The minimum atomic E-state index is -0.598. The van der Waals surface area contributed by atoms with Crippen LogP contribution in [0, 0.1) is 0 Å². The summed E-state index contributed by atoms with van der Waals surface area (Å²) < 4.78 is 5.36. The molecule has 1 heterocycles. The van der Waals surface area contributed by atoms with Crippen LogP contribution in [0.1, 0.15) is 10.4 Å². The highest BCUT2D eigenvalue weighted by Crippen LogP contribution is 2.31. The van der Waals surface area contributed by atoms with E-state index in [0.717, 1.165) is 11.1 Å². The number of rotatable bonds is 3. The number of aromatic amines is 1. The van der Waals surface area contributed by atoms with Crippen molar-refractivity contribution in [3.8, 4) is 16.9 Å². The number of methoxy groups -OCH3 is 1. The quantitative estimate of drug-likeness (QED) is 0.558. The van der Waals surface area contributed by atoms with Crippen LogP contribution in [0.5, 0.6) is 5.75 Å². The number of benzene rings is 3. The maximum absolute atomic E-state index is 13.3. The van der Waals surface area contributed by atoms with E-state index >= 15 is 0 Å². The summed E-state index contributed by atoms with van der Waals surface area (Å²) in [4.78, 5) is 28.4. The van der Waals surface area contributed by atoms with Crippen molar-refractivity contribution in [2.24, 2.45) is 5.73 Å². The summed E-state index contributed by atoms with van der Waals surface area (Å²) in [7, 11) is 1.53. The molecule has 0 saturated heterocycles. The summed E-state index contributed by atoms with van der Waals surface area (Å²) in [6, 6.07) is 18.2. The van der Waals surface area contributed by atoms with Crippen LogP contribution in [-0.4, -0.2) is 18.0 Å². The highest BCUT2D eigenvalue weighted by molar-refractivity contribution is 6.11. The summed E-state index contributed by atoms with van der Waals surface area (Å²) in [5, 5.41) is 0.934. The van der Waals surface area contributed by atoms with Gasteiger partial charge in [-0.2, -0.15) is 0 Å². The number of primary amides is 1. The molecular weight excluding hydrogens is 328 g/mol. The summed E-state index contributed by atoms with van der Waals surface area (Å²) >= 11 is 0. The minimum Gasteiger partial charge on any atom is -0.495 e. The lowest BCUT2D eigenvalue weighted by Gasteiger charge is -2.12. The summed E-state index contributed by atoms with van der Waals surface area (Å²) in [6.45, 7) is 0. The zero-order chi connectivity index (χ0) is 18.3. The second kappa shape index (κ2) is 6.04. The number of amides is 1. The van der Waals surface area contributed by atoms with E-state index in [-0.39, 0.29) is 11.0 Å². The number of carbonyl (C=O) groups is 1. The molecule has 128 valence electrons. The first-order chi connectivity index (χ1) is 12.6. The molecule has 4 aromatic rings. The molecule has 0 unspecified atom stereocenters. The number of H-pyrrole nitrogens is 1. The Hall–Kier alpha value is -3.60. The highest BCUT2D eigenvalue weighted by atomic mass is 16.5. The van der Waals surface area contributed by atoms with E-state index in [9.17, 15) is 9.59 Å². The normalized spacial score (nSPS) is 11.0. The number of hydrogen-bond donors (Lipinski definition) is 2. The molecule has 0 aliphatic carbocycles. The van der Waals surface area contributed by atoms with Crippen LogP contribution in [-0.2, 0) is 0 Å². The average Bonchev–Trinajstić information content (AvgIpc) is 2.67. The number of pyridine rings is 1. The number of nitrogens with two attached hydrogens (primary N) is 1. The van der Waals surface area contributed by atoms with E-state index in [1.54, 1.807) is 30.3 Å². The molecule has 3 N–H and O–H groups in total. The van der Waals surface area contributed by atoms with Crippen molar-refractivity contribution in [2.75, 3.05) is 7.11 Å². The second-order valence-electron chi connectivity index (χ2n) is 5.98. The number of aromatic nitrogens is 1. The van der Waals surface area contributed by atoms with Gasteiger partial charge in [0.05, 0.1) is 29.1 Å². The Bertz CT molecular complexity index is 1210. The van der Waals surface area contributed by atoms with Gasteiger partial charge in [0, 0.05) is 5.39 Å². The van der Waals surface area contributed by atoms with Crippen molar-refractivity contribution in [3.05, 3.63) is 76.5 Å². The van der Waals surface area contributed by atoms with Gasteiger partial charge < -0.3 is 15.5 Å². The lowest BCUT2D eigenvalue weighted by molar-refractivity contribution is 0.100. The van der Waals surface area contributed by atoms with Gasteiger partial charge in [0.25, 0.3) is 5.91 Å². The van der Waals surface area contributed by atoms with E-state index in [2.05, 4.69) is 4.98 Å². The number of carbonyl (C=O) groups excluding carboxylic acids is 1. The molecule has 5 nitrogen and oxygen atoms in total. The molecule has 4 rings (SSSR count).